The maximum absolute atomic E-state index is 11.4. The van der Waals surface area contributed by atoms with Crippen molar-refractivity contribution in [2.45, 2.75) is 12.8 Å². The maximum atomic E-state index is 11.4. The van der Waals surface area contributed by atoms with Crippen molar-refractivity contribution >= 4 is 9.84 Å². The van der Waals surface area contributed by atoms with E-state index in [0.717, 1.165) is 5.69 Å². The van der Waals surface area contributed by atoms with E-state index in [9.17, 15) is 8.42 Å². The highest BCUT2D eigenvalue weighted by molar-refractivity contribution is 7.91. The molecule has 0 aliphatic carbocycles. The quantitative estimate of drug-likeness (QED) is 0.867. The summed E-state index contributed by atoms with van der Waals surface area (Å²) in [6.07, 6.45) is 4.91. The van der Waals surface area contributed by atoms with Crippen molar-refractivity contribution in [3.8, 4) is 11.4 Å². The monoisotopic (exact) mass is 306 g/mol. The normalized spacial score (nSPS) is 18.5. The number of nitrogens with zero attached hydrogens (tertiary/aromatic N) is 2. The number of sulfone groups is 1. The number of benzene rings is 1. The average Bonchev–Trinajstić information content (AvgIpc) is 2.96. The third kappa shape index (κ3) is 3.64. The van der Waals surface area contributed by atoms with Crippen LogP contribution in [0.3, 0.4) is 0 Å². The predicted molar refractivity (Wildman–Crippen MR) is 80.4 cm³/mol. The van der Waals surface area contributed by atoms with Gasteiger partial charge in [-0.2, -0.15) is 5.10 Å². The Bertz CT molecular complexity index is 681. The number of rotatable bonds is 4. The first-order chi connectivity index (χ1) is 10.1. The average molecular weight is 306 g/mol. The molecule has 1 saturated heterocycles. The highest BCUT2D eigenvalue weighted by atomic mass is 32.2. The van der Waals surface area contributed by atoms with Crippen molar-refractivity contribution in [2.75, 3.05) is 18.1 Å². The molecule has 112 valence electrons. The topological polar surface area (TPSA) is 61.2 Å². The van der Waals surface area contributed by atoms with E-state index in [1.165, 1.54) is 0 Å². The van der Waals surface area contributed by atoms with Crippen molar-refractivity contribution in [2.24, 2.45) is 5.92 Å². The Morgan fingerprint density at radius 1 is 1.19 bits per heavy atom. The fourth-order valence-corrected chi connectivity index (χ4v) is 4.01. The lowest BCUT2D eigenvalue weighted by Gasteiger charge is -2.21. The molecule has 1 aliphatic rings. The summed E-state index contributed by atoms with van der Waals surface area (Å²) in [5, 5.41) is 4.27. The van der Waals surface area contributed by atoms with Gasteiger partial charge >= 0.3 is 0 Å². The van der Waals surface area contributed by atoms with Crippen LogP contribution in [0.5, 0.6) is 5.75 Å². The second kappa shape index (κ2) is 5.89. The standard InChI is InChI=1S/C15H18N2O3S/c18-21(19)8-6-13(7-9-21)12-20-15-10-16-17(11-15)14-4-2-1-3-5-14/h1-5,10-11,13H,6-9,12H2. The van der Waals surface area contributed by atoms with Crippen LogP contribution in [0.4, 0.5) is 0 Å². The van der Waals surface area contributed by atoms with Crippen LogP contribution in [0, 0.1) is 5.92 Å². The molecule has 3 rings (SSSR count). The van der Waals surface area contributed by atoms with Crippen LogP contribution in [0.25, 0.3) is 5.69 Å². The van der Waals surface area contributed by atoms with E-state index in [2.05, 4.69) is 5.10 Å². The number of para-hydroxylation sites is 1. The number of ether oxygens (including phenoxy) is 1. The van der Waals surface area contributed by atoms with Crippen molar-refractivity contribution < 1.29 is 13.2 Å². The Balaban J connectivity index is 1.56. The molecular weight excluding hydrogens is 288 g/mol. The zero-order chi connectivity index (χ0) is 14.7. The summed E-state index contributed by atoms with van der Waals surface area (Å²) < 4.78 is 30.3. The summed E-state index contributed by atoms with van der Waals surface area (Å²) >= 11 is 0. The van der Waals surface area contributed by atoms with Crippen LogP contribution in [-0.2, 0) is 9.84 Å². The van der Waals surface area contributed by atoms with E-state index in [1.807, 2.05) is 36.5 Å². The summed E-state index contributed by atoms with van der Waals surface area (Å²) in [6.45, 7) is 0.552. The first kappa shape index (κ1) is 14.1. The van der Waals surface area contributed by atoms with Gasteiger partial charge in [-0.1, -0.05) is 18.2 Å². The second-order valence-electron chi connectivity index (χ2n) is 5.36. The first-order valence-corrected chi connectivity index (χ1v) is 8.88. The Morgan fingerprint density at radius 3 is 2.62 bits per heavy atom. The molecule has 2 heterocycles. The van der Waals surface area contributed by atoms with Gasteiger partial charge in [0.2, 0.25) is 0 Å². The number of hydrogen-bond acceptors (Lipinski definition) is 4. The lowest BCUT2D eigenvalue weighted by Crippen LogP contribution is -2.26. The molecule has 5 nitrogen and oxygen atoms in total. The zero-order valence-electron chi connectivity index (χ0n) is 11.7. The number of aromatic nitrogens is 2. The lowest BCUT2D eigenvalue weighted by atomic mass is 10.0. The van der Waals surface area contributed by atoms with E-state index in [-0.39, 0.29) is 11.5 Å². The first-order valence-electron chi connectivity index (χ1n) is 7.06. The van der Waals surface area contributed by atoms with Crippen LogP contribution in [0.15, 0.2) is 42.7 Å². The van der Waals surface area contributed by atoms with Crippen LogP contribution < -0.4 is 4.74 Å². The van der Waals surface area contributed by atoms with Gasteiger partial charge in [0.05, 0.1) is 36.2 Å². The van der Waals surface area contributed by atoms with Crippen molar-refractivity contribution in [3.05, 3.63) is 42.7 Å². The van der Waals surface area contributed by atoms with Gasteiger partial charge in [0.1, 0.15) is 9.84 Å². The summed E-state index contributed by atoms with van der Waals surface area (Å²) in [4.78, 5) is 0. The molecular formula is C15H18N2O3S. The molecule has 0 N–H and O–H groups in total. The fraction of sp³-hybridized carbons (Fsp3) is 0.400. The van der Waals surface area contributed by atoms with Crippen molar-refractivity contribution in [1.29, 1.82) is 0 Å². The molecule has 0 amide bonds. The van der Waals surface area contributed by atoms with Gasteiger partial charge < -0.3 is 4.74 Å². The Hall–Kier alpha value is -1.82. The summed E-state index contributed by atoms with van der Waals surface area (Å²) in [6, 6.07) is 9.83. The minimum atomic E-state index is -2.80. The molecule has 21 heavy (non-hydrogen) atoms. The zero-order valence-corrected chi connectivity index (χ0v) is 12.5. The Labute approximate surface area is 124 Å². The molecule has 0 radical (unpaired) electrons. The van der Waals surface area contributed by atoms with E-state index in [4.69, 9.17) is 4.74 Å². The fourth-order valence-electron chi connectivity index (χ4n) is 2.42. The largest absolute Gasteiger partial charge is 0.490 e. The van der Waals surface area contributed by atoms with Gasteiger partial charge in [-0.15, -0.1) is 0 Å². The Morgan fingerprint density at radius 2 is 1.90 bits per heavy atom. The molecule has 1 fully saturated rings. The van der Waals surface area contributed by atoms with Gasteiger partial charge in [0.15, 0.2) is 5.75 Å². The van der Waals surface area contributed by atoms with Crippen molar-refractivity contribution in [1.82, 2.24) is 9.78 Å². The van der Waals surface area contributed by atoms with Crippen molar-refractivity contribution in [3.63, 3.8) is 0 Å². The number of hydrogen-bond donors (Lipinski definition) is 0. The Kier molecular flexibility index (Phi) is 3.96. The minimum Gasteiger partial charge on any atom is -0.490 e. The maximum Gasteiger partial charge on any atom is 0.157 e. The van der Waals surface area contributed by atoms with E-state index >= 15 is 0 Å². The predicted octanol–water partition coefficient (Wildman–Crippen LogP) is 2.08. The summed E-state index contributed by atoms with van der Waals surface area (Å²) in [5.41, 5.74) is 0.983. The second-order valence-corrected chi connectivity index (χ2v) is 7.67. The molecule has 0 atom stereocenters. The highest BCUT2D eigenvalue weighted by Crippen LogP contribution is 2.21. The summed E-state index contributed by atoms with van der Waals surface area (Å²) in [5.74, 6) is 1.59. The SMILES string of the molecule is O=S1(=O)CCC(COc2cnn(-c3ccccc3)c2)CC1. The molecule has 0 spiro atoms. The van der Waals surface area contributed by atoms with Gasteiger partial charge in [0.25, 0.3) is 0 Å². The van der Waals surface area contributed by atoms with Gasteiger partial charge in [-0.25, -0.2) is 13.1 Å². The molecule has 2 aromatic rings. The van der Waals surface area contributed by atoms with Gasteiger partial charge in [-0.05, 0) is 30.9 Å². The molecule has 1 aliphatic heterocycles. The van der Waals surface area contributed by atoms with E-state index in [1.54, 1.807) is 10.9 Å². The molecule has 0 saturated carbocycles. The smallest absolute Gasteiger partial charge is 0.157 e. The third-order valence-corrected chi connectivity index (χ3v) is 5.45. The van der Waals surface area contributed by atoms with Gasteiger partial charge in [0, 0.05) is 0 Å². The molecule has 0 unspecified atom stereocenters. The van der Waals surface area contributed by atoms with Crippen LogP contribution in [0.1, 0.15) is 12.8 Å². The van der Waals surface area contributed by atoms with E-state index < -0.39 is 9.84 Å². The minimum absolute atomic E-state index is 0.282. The highest BCUT2D eigenvalue weighted by Gasteiger charge is 2.24. The van der Waals surface area contributed by atoms with Crippen LogP contribution in [0.2, 0.25) is 0 Å². The molecule has 1 aromatic carbocycles. The molecule has 6 heteroatoms. The van der Waals surface area contributed by atoms with Crippen LogP contribution in [-0.4, -0.2) is 36.3 Å². The molecule has 0 bridgehead atoms. The third-order valence-electron chi connectivity index (χ3n) is 3.74. The van der Waals surface area contributed by atoms with Crippen LogP contribution >= 0.6 is 0 Å². The van der Waals surface area contributed by atoms with Gasteiger partial charge in [-0.3, -0.25) is 0 Å². The molecule has 1 aromatic heterocycles. The lowest BCUT2D eigenvalue weighted by molar-refractivity contribution is 0.238. The summed E-state index contributed by atoms with van der Waals surface area (Å²) in [7, 11) is -2.80. The van der Waals surface area contributed by atoms with E-state index in [0.29, 0.717) is 31.1 Å².